The number of carbonyl (C=O) groups excluding carboxylic acids is 1. The number of carbonyl (C=O) groups is 1. The number of hydrogen-bond acceptors (Lipinski definition) is 4. The third-order valence-electron chi connectivity index (χ3n) is 6.49. The molecule has 1 heterocycles. The summed E-state index contributed by atoms with van der Waals surface area (Å²) in [5, 5.41) is 3.64. The van der Waals surface area contributed by atoms with Gasteiger partial charge in [-0.05, 0) is 47.9 Å². The second kappa shape index (κ2) is 10.8. The summed E-state index contributed by atoms with van der Waals surface area (Å²) in [4.78, 5) is 31.9. The highest BCUT2D eigenvalue weighted by molar-refractivity contribution is 5.78. The smallest absolute Gasteiger partial charge is 0.258 e. The summed E-state index contributed by atoms with van der Waals surface area (Å²) >= 11 is 0. The summed E-state index contributed by atoms with van der Waals surface area (Å²) in [5.74, 6) is 1.13. The first-order chi connectivity index (χ1) is 16.0. The number of H-pyrrole nitrogens is 1. The molecule has 1 aromatic heterocycles. The van der Waals surface area contributed by atoms with Gasteiger partial charge >= 0.3 is 0 Å². The molecule has 1 aliphatic rings. The zero-order valence-corrected chi connectivity index (χ0v) is 19.5. The molecule has 174 valence electrons. The Morgan fingerprint density at radius 3 is 2.55 bits per heavy atom. The third-order valence-corrected chi connectivity index (χ3v) is 6.49. The number of para-hydroxylation sites is 1. The van der Waals surface area contributed by atoms with Crippen LogP contribution in [0.3, 0.4) is 0 Å². The van der Waals surface area contributed by atoms with Gasteiger partial charge in [0.1, 0.15) is 19.0 Å². The number of ether oxygens (including phenoxy) is 1. The molecule has 1 amide bonds. The lowest BCUT2D eigenvalue weighted by Crippen LogP contribution is -2.34. The molecule has 0 unspecified atom stereocenters. The molecule has 1 fully saturated rings. The van der Waals surface area contributed by atoms with Gasteiger partial charge in [0.25, 0.3) is 5.56 Å². The van der Waals surface area contributed by atoms with Gasteiger partial charge in [0.15, 0.2) is 0 Å². The number of nitrogens with zero attached hydrogens (tertiary/aromatic N) is 1. The fourth-order valence-corrected chi connectivity index (χ4v) is 4.71. The molecule has 33 heavy (non-hydrogen) atoms. The summed E-state index contributed by atoms with van der Waals surface area (Å²) in [6.07, 6.45) is 6.54. The predicted octanol–water partition coefficient (Wildman–Crippen LogP) is 5.00. The van der Waals surface area contributed by atoms with Gasteiger partial charge in [0.05, 0.1) is 16.9 Å². The minimum atomic E-state index is -0.208. The van der Waals surface area contributed by atoms with Gasteiger partial charge in [-0.15, -0.1) is 0 Å². The lowest BCUT2D eigenvalue weighted by Gasteiger charge is -2.25. The Labute approximate surface area is 194 Å². The fraction of sp³-hybridized carbons (Fsp3) is 0.444. The SMILES string of the molecule is CC(C)[C@H](NC(=O)COCc1nc2ccccc2c(=O)[nH]1)c1ccc(C2CCCCC2)cc1. The summed E-state index contributed by atoms with van der Waals surface area (Å²) in [7, 11) is 0. The van der Waals surface area contributed by atoms with E-state index in [1.165, 1.54) is 37.7 Å². The van der Waals surface area contributed by atoms with Gasteiger partial charge in [-0.2, -0.15) is 0 Å². The molecule has 1 saturated carbocycles. The van der Waals surface area contributed by atoms with Crippen molar-refractivity contribution in [3.05, 3.63) is 75.8 Å². The highest BCUT2D eigenvalue weighted by Crippen LogP contribution is 2.33. The van der Waals surface area contributed by atoms with Crippen molar-refractivity contribution in [3.63, 3.8) is 0 Å². The zero-order chi connectivity index (χ0) is 23.2. The Hall–Kier alpha value is -2.99. The summed E-state index contributed by atoms with van der Waals surface area (Å²) in [5.41, 5.74) is 2.92. The molecular formula is C27H33N3O3. The van der Waals surface area contributed by atoms with E-state index < -0.39 is 0 Å². The van der Waals surface area contributed by atoms with Crippen LogP contribution < -0.4 is 10.9 Å². The van der Waals surface area contributed by atoms with E-state index in [0.717, 1.165) is 5.56 Å². The maximum absolute atomic E-state index is 12.6. The highest BCUT2D eigenvalue weighted by Gasteiger charge is 2.20. The van der Waals surface area contributed by atoms with Gasteiger partial charge < -0.3 is 15.0 Å². The maximum Gasteiger partial charge on any atom is 0.258 e. The average molecular weight is 448 g/mol. The Bertz CT molecular complexity index is 1130. The number of benzene rings is 2. The van der Waals surface area contributed by atoms with Crippen LogP contribution >= 0.6 is 0 Å². The molecule has 2 N–H and O–H groups in total. The Morgan fingerprint density at radius 1 is 1.09 bits per heavy atom. The van der Waals surface area contributed by atoms with Gasteiger partial charge in [0, 0.05) is 0 Å². The lowest BCUT2D eigenvalue weighted by molar-refractivity contribution is -0.127. The molecule has 0 aliphatic heterocycles. The first-order valence-electron chi connectivity index (χ1n) is 12.0. The van der Waals surface area contributed by atoms with Crippen LogP contribution in [0.15, 0.2) is 53.3 Å². The molecule has 0 bridgehead atoms. The third kappa shape index (κ3) is 5.88. The van der Waals surface area contributed by atoms with E-state index in [0.29, 0.717) is 22.6 Å². The molecule has 0 spiro atoms. The van der Waals surface area contributed by atoms with Gasteiger partial charge in [-0.1, -0.05) is 69.5 Å². The van der Waals surface area contributed by atoms with Gasteiger partial charge in [-0.3, -0.25) is 9.59 Å². The van der Waals surface area contributed by atoms with Crippen LogP contribution in [0.4, 0.5) is 0 Å². The van der Waals surface area contributed by atoms with E-state index in [-0.39, 0.29) is 36.6 Å². The van der Waals surface area contributed by atoms with Crippen molar-refractivity contribution in [2.75, 3.05) is 6.61 Å². The molecule has 6 nitrogen and oxygen atoms in total. The van der Waals surface area contributed by atoms with E-state index in [2.05, 4.69) is 53.4 Å². The average Bonchev–Trinajstić information content (AvgIpc) is 2.83. The lowest BCUT2D eigenvalue weighted by atomic mass is 9.83. The molecule has 6 heteroatoms. The maximum atomic E-state index is 12.6. The van der Waals surface area contributed by atoms with Crippen molar-refractivity contribution in [1.29, 1.82) is 0 Å². The topological polar surface area (TPSA) is 84.1 Å². The van der Waals surface area contributed by atoms with Crippen LogP contribution in [0.5, 0.6) is 0 Å². The van der Waals surface area contributed by atoms with E-state index in [9.17, 15) is 9.59 Å². The van der Waals surface area contributed by atoms with Gasteiger partial charge in [0.2, 0.25) is 5.91 Å². The zero-order valence-electron chi connectivity index (χ0n) is 19.5. The van der Waals surface area contributed by atoms with Crippen LogP contribution in [0.2, 0.25) is 0 Å². The van der Waals surface area contributed by atoms with Gasteiger partial charge in [-0.25, -0.2) is 4.98 Å². The molecule has 4 rings (SSSR count). The second-order valence-corrected chi connectivity index (χ2v) is 9.31. The van der Waals surface area contributed by atoms with E-state index >= 15 is 0 Å². The quantitative estimate of drug-likeness (QED) is 0.509. The number of hydrogen-bond donors (Lipinski definition) is 2. The molecule has 1 atom stereocenters. The van der Waals surface area contributed by atoms with Crippen LogP contribution in [0, 0.1) is 5.92 Å². The molecule has 2 aromatic carbocycles. The summed E-state index contributed by atoms with van der Waals surface area (Å²) < 4.78 is 5.56. The number of aromatic nitrogens is 2. The van der Waals surface area contributed by atoms with Crippen LogP contribution in [-0.4, -0.2) is 22.5 Å². The first-order valence-corrected chi connectivity index (χ1v) is 12.0. The van der Waals surface area contributed by atoms with E-state index in [1.807, 2.05) is 6.07 Å². The Kier molecular flexibility index (Phi) is 7.55. The molecule has 3 aromatic rings. The van der Waals surface area contributed by atoms with Crippen LogP contribution in [0.25, 0.3) is 10.9 Å². The monoisotopic (exact) mass is 447 g/mol. The van der Waals surface area contributed by atoms with Crippen molar-refractivity contribution < 1.29 is 9.53 Å². The van der Waals surface area contributed by atoms with Crippen molar-refractivity contribution in [2.24, 2.45) is 5.92 Å². The number of amides is 1. The van der Waals surface area contributed by atoms with Crippen molar-refractivity contribution in [1.82, 2.24) is 15.3 Å². The fourth-order valence-electron chi connectivity index (χ4n) is 4.71. The van der Waals surface area contributed by atoms with Crippen molar-refractivity contribution in [2.45, 2.75) is 64.5 Å². The minimum Gasteiger partial charge on any atom is -0.364 e. The van der Waals surface area contributed by atoms with Crippen molar-refractivity contribution in [3.8, 4) is 0 Å². The number of nitrogens with one attached hydrogen (secondary N) is 2. The Morgan fingerprint density at radius 2 is 1.82 bits per heavy atom. The number of fused-ring (bicyclic) bond motifs is 1. The minimum absolute atomic E-state index is 0.0654. The number of aromatic amines is 1. The van der Waals surface area contributed by atoms with Crippen LogP contribution in [-0.2, 0) is 16.1 Å². The second-order valence-electron chi connectivity index (χ2n) is 9.31. The Balaban J connectivity index is 1.33. The molecule has 0 radical (unpaired) electrons. The van der Waals surface area contributed by atoms with E-state index in [1.54, 1.807) is 18.2 Å². The normalized spacial score (nSPS) is 15.6. The number of rotatable bonds is 8. The standard InChI is InChI=1S/C27H33N3O3/c1-18(2)26(21-14-12-20(13-15-21)19-8-4-3-5-9-19)30-25(31)17-33-16-24-28-23-11-7-6-10-22(23)27(32)29-24/h6-7,10-15,18-19,26H,3-5,8-9,16-17H2,1-2H3,(H,30,31)(H,28,29,32)/t26-/m0/s1. The largest absolute Gasteiger partial charge is 0.364 e. The molecule has 1 aliphatic carbocycles. The van der Waals surface area contributed by atoms with Crippen molar-refractivity contribution >= 4 is 16.8 Å². The summed E-state index contributed by atoms with van der Waals surface area (Å²) in [6, 6.07) is 15.8. The molecular weight excluding hydrogens is 414 g/mol. The first kappa shape index (κ1) is 23.2. The molecule has 0 saturated heterocycles. The van der Waals surface area contributed by atoms with E-state index in [4.69, 9.17) is 4.74 Å². The highest BCUT2D eigenvalue weighted by atomic mass is 16.5. The predicted molar refractivity (Wildman–Crippen MR) is 130 cm³/mol. The summed E-state index contributed by atoms with van der Waals surface area (Å²) in [6.45, 7) is 4.17. The van der Waals surface area contributed by atoms with Crippen LogP contribution in [0.1, 0.15) is 74.9 Å².